The second-order valence-electron chi connectivity index (χ2n) is 7.44. The molecule has 1 spiro atoms. The Bertz CT molecular complexity index is 1080. The summed E-state index contributed by atoms with van der Waals surface area (Å²) in [4.78, 5) is 17.7. The summed E-state index contributed by atoms with van der Waals surface area (Å²) in [5, 5.41) is 4.02. The smallest absolute Gasteiger partial charge is 0.291 e. The summed E-state index contributed by atoms with van der Waals surface area (Å²) < 4.78 is 6.23. The molecule has 3 heterocycles. The molecule has 1 N–H and O–H groups in total. The minimum absolute atomic E-state index is 0.0830. The molecule has 28 heavy (non-hydrogen) atoms. The van der Waals surface area contributed by atoms with Gasteiger partial charge in [0.05, 0.1) is 15.3 Å². The Labute approximate surface area is 172 Å². The number of pyridine rings is 1. The number of anilines is 1. The van der Waals surface area contributed by atoms with Crippen LogP contribution in [0.1, 0.15) is 46.0 Å². The predicted molar refractivity (Wildman–Crippen MR) is 117 cm³/mol. The number of thioether (sulfide) groups is 2. The van der Waals surface area contributed by atoms with E-state index in [9.17, 15) is 4.79 Å². The molecule has 0 bridgehead atoms. The van der Waals surface area contributed by atoms with Crippen LogP contribution in [-0.4, -0.2) is 22.4 Å². The number of benzene rings is 1. The minimum Gasteiger partial charge on any atom is -0.455 e. The normalized spacial score (nSPS) is 17.8. The maximum Gasteiger partial charge on any atom is 0.291 e. The fraction of sp³-hybridized carbons (Fsp3) is 0.364. The zero-order valence-electron chi connectivity index (χ0n) is 16.0. The van der Waals surface area contributed by atoms with Gasteiger partial charge in [-0.15, -0.1) is 23.5 Å². The molecule has 1 aliphatic carbocycles. The quantitative estimate of drug-likeness (QED) is 0.590. The summed E-state index contributed by atoms with van der Waals surface area (Å²) in [6, 6.07) is 9.79. The number of hydrogen-bond acceptors (Lipinski definition) is 5. The van der Waals surface area contributed by atoms with Gasteiger partial charge < -0.3 is 9.73 Å². The van der Waals surface area contributed by atoms with Crippen molar-refractivity contribution in [3.63, 3.8) is 0 Å². The van der Waals surface area contributed by atoms with Crippen molar-refractivity contribution in [2.24, 2.45) is 0 Å². The number of rotatable bonds is 2. The Morgan fingerprint density at radius 2 is 2.00 bits per heavy atom. The second kappa shape index (κ2) is 6.85. The van der Waals surface area contributed by atoms with Gasteiger partial charge in [-0.3, -0.25) is 9.78 Å². The highest BCUT2D eigenvalue weighted by Crippen LogP contribution is 2.59. The number of nitrogens with zero attached hydrogens (tertiary/aromatic N) is 1. The lowest BCUT2D eigenvalue weighted by molar-refractivity contribution is 0.0994. The van der Waals surface area contributed by atoms with Crippen LogP contribution in [0.5, 0.6) is 0 Å². The average molecular weight is 411 g/mol. The van der Waals surface area contributed by atoms with Gasteiger partial charge in [0.15, 0.2) is 5.76 Å². The van der Waals surface area contributed by atoms with Gasteiger partial charge in [0.25, 0.3) is 5.91 Å². The van der Waals surface area contributed by atoms with Crippen molar-refractivity contribution in [3.8, 4) is 0 Å². The van der Waals surface area contributed by atoms with E-state index in [0.717, 1.165) is 52.9 Å². The van der Waals surface area contributed by atoms with Crippen LogP contribution >= 0.6 is 23.5 Å². The molecule has 6 heteroatoms. The third-order valence-electron chi connectivity index (χ3n) is 5.56. The number of para-hydroxylation sites is 1. The lowest BCUT2D eigenvalue weighted by Crippen LogP contribution is -2.21. The molecule has 0 atom stereocenters. The van der Waals surface area contributed by atoms with E-state index in [1.807, 2.05) is 67.7 Å². The van der Waals surface area contributed by atoms with Crippen LogP contribution in [0.2, 0.25) is 0 Å². The molecule has 0 unspecified atom stereocenters. The molecule has 1 fully saturated rings. The van der Waals surface area contributed by atoms with Crippen LogP contribution in [0.15, 0.2) is 34.7 Å². The Hall–Kier alpha value is -1.92. The van der Waals surface area contributed by atoms with Gasteiger partial charge in [0.1, 0.15) is 5.76 Å². The van der Waals surface area contributed by atoms with Crippen LogP contribution in [0, 0.1) is 13.8 Å². The van der Waals surface area contributed by atoms with Gasteiger partial charge in [0, 0.05) is 40.1 Å². The summed E-state index contributed by atoms with van der Waals surface area (Å²) in [5.41, 5.74) is 4.81. The number of hydrogen-bond donors (Lipinski definition) is 1. The van der Waals surface area contributed by atoms with E-state index >= 15 is 0 Å². The molecular weight excluding hydrogens is 388 g/mol. The van der Waals surface area contributed by atoms with E-state index < -0.39 is 0 Å². The number of carbonyl (C=O) groups is 1. The predicted octanol–water partition coefficient (Wildman–Crippen LogP) is 5.67. The average Bonchev–Trinajstić information content (AvgIpc) is 3.27. The number of aryl methyl sites for hydroxylation is 2. The molecule has 1 saturated heterocycles. The largest absolute Gasteiger partial charge is 0.455 e. The van der Waals surface area contributed by atoms with Crippen molar-refractivity contribution in [1.29, 1.82) is 0 Å². The van der Waals surface area contributed by atoms with E-state index in [4.69, 9.17) is 4.42 Å². The highest BCUT2D eigenvalue weighted by molar-refractivity contribution is 8.20. The molecule has 1 aromatic carbocycles. The maximum atomic E-state index is 13.2. The summed E-state index contributed by atoms with van der Waals surface area (Å²) >= 11 is 4.04. The summed E-state index contributed by atoms with van der Waals surface area (Å²) in [6.45, 7) is 3.98. The molecular formula is C22H22N2O2S2. The van der Waals surface area contributed by atoms with Crippen molar-refractivity contribution < 1.29 is 9.21 Å². The first-order chi connectivity index (χ1) is 13.6. The van der Waals surface area contributed by atoms with Crippen LogP contribution in [0.3, 0.4) is 0 Å². The Morgan fingerprint density at radius 3 is 2.82 bits per heavy atom. The van der Waals surface area contributed by atoms with E-state index in [0.29, 0.717) is 5.76 Å². The summed E-state index contributed by atoms with van der Waals surface area (Å²) in [7, 11) is 0. The monoisotopic (exact) mass is 410 g/mol. The molecule has 4 nitrogen and oxygen atoms in total. The lowest BCUT2D eigenvalue weighted by atomic mass is 9.94. The first-order valence-electron chi connectivity index (χ1n) is 9.66. The van der Waals surface area contributed by atoms with Gasteiger partial charge in [0.2, 0.25) is 0 Å². The molecule has 2 aliphatic rings. The molecule has 3 aromatic rings. The van der Waals surface area contributed by atoms with Crippen molar-refractivity contribution in [2.75, 3.05) is 16.8 Å². The summed E-state index contributed by atoms with van der Waals surface area (Å²) in [5.74, 6) is 3.62. The van der Waals surface area contributed by atoms with Gasteiger partial charge in [-0.05, 0) is 38.8 Å². The Kier molecular flexibility index (Phi) is 4.43. The van der Waals surface area contributed by atoms with Crippen molar-refractivity contribution in [3.05, 3.63) is 58.7 Å². The van der Waals surface area contributed by atoms with Gasteiger partial charge in [-0.1, -0.05) is 18.2 Å². The first kappa shape index (κ1) is 18.1. The molecule has 1 aliphatic heterocycles. The number of aromatic nitrogens is 1. The zero-order chi connectivity index (χ0) is 19.3. The van der Waals surface area contributed by atoms with Crippen LogP contribution in [0.4, 0.5) is 5.69 Å². The standard InChI is InChI=1S/C22H22N2O2S2/c1-13-12-17(15-6-3-4-7-16(15)23-13)24-21(25)20-14(2)19-18(26-20)8-5-9-22(19)27-10-11-28-22/h3-4,6-7,12H,5,8-11H2,1-2H3,(H,23,24,25). The molecule has 1 amide bonds. The Balaban J connectivity index is 1.53. The fourth-order valence-electron chi connectivity index (χ4n) is 4.40. The van der Waals surface area contributed by atoms with Crippen molar-refractivity contribution in [1.82, 2.24) is 4.98 Å². The van der Waals surface area contributed by atoms with Crippen molar-refractivity contribution >= 4 is 46.0 Å². The highest BCUT2D eigenvalue weighted by Gasteiger charge is 2.45. The molecule has 0 saturated carbocycles. The van der Waals surface area contributed by atoms with Crippen LogP contribution in [-0.2, 0) is 10.5 Å². The zero-order valence-corrected chi connectivity index (χ0v) is 17.6. The third-order valence-corrected chi connectivity index (χ3v) is 9.09. The van der Waals surface area contributed by atoms with Crippen LogP contribution in [0.25, 0.3) is 10.9 Å². The van der Waals surface area contributed by atoms with Crippen molar-refractivity contribution in [2.45, 2.75) is 37.2 Å². The van der Waals surface area contributed by atoms with Gasteiger partial charge in [-0.2, -0.15) is 0 Å². The molecule has 0 radical (unpaired) electrons. The van der Waals surface area contributed by atoms with E-state index in [1.54, 1.807) is 0 Å². The topological polar surface area (TPSA) is 55.1 Å². The third kappa shape index (κ3) is 2.85. The number of amides is 1. The lowest BCUT2D eigenvalue weighted by Gasteiger charge is -2.31. The number of nitrogens with one attached hydrogen (secondary N) is 1. The van der Waals surface area contributed by atoms with Gasteiger partial charge >= 0.3 is 0 Å². The maximum absolute atomic E-state index is 13.2. The minimum atomic E-state index is -0.175. The number of furan rings is 1. The van der Waals surface area contributed by atoms with Gasteiger partial charge in [-0.25, -0.2) is 0 Å². The Morgan fingerprint density at radius 1 is 1.21 bits per heavy atom. The summed E-state index contributed by atoms with van der Waals surface area (Å²) in [6.07, 6.45) is 3.20. The van der Waals surface area contributed by atoms with E-state index in [2.05, 4.69) is 10.3 Å². The first-order valence-corrected chi connectivity index (χ1v) is 11.6. The molecule has 144 valence electrons. The number of carbonyl (C=O) groups excluding carboxylic acids is 1. The molecule has 5 rings (SSSR count). The highest BCUT2D eigenvalue weighted by atomic mass is 32.2. The fourth-order valence-corrected chi connectivity index (χ4v) is 7.96. The van der Waals surface area contributed by atoms with E-state index in [1.165, 1.54) is 17.1 Å². The second-order valence-corrected chi connectivity index (χ2v) is 10.5. The SMILES string of the molecule is Cc1cc(NC(=O)c2oc3c(c2C)C2(CCC3)SCCS2)c2ccccc2n1. The molecule has 2 aromatic heterocycles. The number of fused-ring (bicyclic) bond motifs is 3. The van der Waals surface area contributed by atoms with Crippen LogP contribution < -0.4 is 5.32 Å². The van der Waals surface area contributed by atoms with E-state index in [-0.39, 0.29) is 9.99 Å².